The summed E-state index contributed by atoms with van der Waals surface area (Å²) >= 11 is 0. The van der Waals surface area contributed by atoms with E-state index < -0.39 is 23.9 Å². The summed E-state index contributed by atoms with van der Waals surface area (Å²) in [7, 11) is 0. The van der Waals surface area contributed by atoms with Gasteiger partial charge in [0.05, 0.1) is 12.1 Å². The van der Waals surface area contributed by atoms with Crippen molar-refractivity contribution in [3.63, 3.8) is 0 Å². The lowest BCUT2D eigenvalue weighted by atomic mass is 10.2. The maximum Gasteiger partial charge on any atom is 0.419 e. The number of nitrogens with two attached hydrogens (primary N) is 1. The number of piperazine rings is 1. The average molecular weight is 402 g/mol. The number of anilines is 1. The fraction of sp³-hybridized carbons (Fsp3) is 0.625. The first-order valence-electron chi connectivity index (χ1n) is 8.79. The van der Waals surface area contributed by atoms with Crippen molar-refractivity contribution in [1.29, 1.82) is 0 Å². The van der Waals surface area contributed by atoms with Crippen LogP contribution in [0.2, 0.25) is 0 Å². The zero-order chi connectivity index (χ0) is 20.5. The number of hydrogen-bond donors (Lipinski definition) is 1. The second-order valence-corrected chi connectivity index (χ2v) is 6.84. The highest BCUT2D eigenvalue weighted by Crippen LogP contribution is 2.28. The Kier molecular flexibility index (Phi) is 5.59. The van der Waals surface area contributed by atoms with Gasteiger partial charge in [0.2, 0.25) is 5.95 Å². The number of rotatable bonds is 4. The smallest absolute Gasteiger partial charge is 0.419 e. The van der Waals surface area contributed by atoms with Gasteiger partial charge in [-0.05, 0) is 6.92 Å². The SMILES string of the molecule is CC(N)CN1CC(C(=O)N2CCN(c3ncc(C(F)(F)F)cn3)CC2)OC1=O. The Morgan fingerprint density at radius 2 is 1.89 bits per heavy atom. The minimum atomic E-state index is -4.49. The molecule has 2 saturated heterocycles. The molecule has 2 aliphatic heterocycles. The van der Waals surface area contributed by atoms with Gasteiger partial charge in [0, 0.05) is 51.2 Å². The largest absolute Gasteiger partial charge is 0.434 e. The van der Waals surface area contributed by atoms with Gasteiger partial charge >= 0.3 is 12.3 Å². The molecule has 2 aliphatic rings. The van der Waals surface area contributed by atoms with E-state index in [9.17, 15) is 22.8 Å². The molecule has 9 nitrogen and oxygen atoms in total. The second kappa shape index (κ2) is 7.78. The summed E-state index contributed by atoms with van der Waals surface area (Å²) in [5.74, 6) is -0.121. The number of halogens is 3. The highest BCUT2D eigenvalue weighted by molar-refractivity contribution is 5.86. The molecule has 0 bridgehead atoms. The van der Waals surface area contributed by atoms with Gasteiger partial charge in [-0.3, -0.25) is 4.79 Å². The molecular weight excluding hydrogens is 381 g/mol. The Morgan fingerprint density at radius 3 is 2.43 bits per heavy atom. The van der Waals surface area contributed by atoms with Gasteiger partial charge in [0.15, 0.2) is 6.10 Å². The molecule has 3 rings (SSSR count). The normalized spacial score (nSPS) is 21.7. The monoisotopic (exact) mass is 402 g/mol. The molecule has 12 heteroatoms. The van der Waals surface area contributed by atoms with E-state index in [1.54, 1.807) is 16.7 Å². The molecule has 154 valence electrons. The number of nitrogens with zero attached hydrogens (tertiary/aromatic N) is 5. The molecule has 1 aromatic rings. The molecule has 2 unspecified atom stereocenters. The second-order valence-electron chi connectivity index (χ2n) is 6.84. The van der Waals surface area contributed by atoms with Crippen molar-refractivity contribution in [1.82, 2.24) is 19.8 Å². The summed E-state index contributed by atoms with van der Waals surface area (Å²) in [6.45, 7) is 3.59. The minimum absolute atomic E-state index is 0.154. The lowest BCUT2D eigenvalue weighted by molar-refractivity contribution is -0.139. The first-order chi connectivity index (χ1) is 13.1. The van der Waals surface area contributed by atoms with Crippen LogP contribution in [0.1, 0.15) is 12.5 Å². The number of carbonyl (C=O) groups is 2. The molecule has 28 heavy (non-hydrogen) atoms. The number of hydrogen-bond acceptors (Lipinski definition) is 7. The maximum atomic E-state index is 12.6. The standard InChI is InChI=1S/C16H21F3N6O3/c1-10(20)8-25-9-12(28-15(25)27)13(26)23-2-4-24(5-3-23)14-21-6-11(7-22-14)16(17,18)19/h6-7,10,12H,2-5,8-9,20H2,1H3. The molecule has 2 atom stereocenters. The Hall–Kier alpha value is -2.63. The van der Waals surface area contributed by atoms with E-state index in [1.165, 1.54) is 4.90 Å². The third-order valence-electron chi connectivity index (χ3n) is 4.51. The van der Waals surface area contributed by atoms with Crippen molar-refractivity contribution < 1.29 is 27.5 Å². The summed E-state index contributed by atoms with van der Waals surface area (Å²) in [5, 5.41) is 0. The van der Waals surface area contributed by atoms with Crippen LogP contribution in [-0.4, -0.2) is 83.2 Å². The first kappa shape index (κ1) is 20.1. The van der Waals surface area contributed by atoms with E-state index in [-0.39, 0.29) is 24.4 Å². The fourth-order valence-electron chi connectivity index (χ4n) is 3.09. The number of ether oxygens (including phenoxy) is 1. The van der Waals surface area contributed by atoms with Crippen molar-refractivity contribution in [2.24, 2.45) is 5.73 Å². The van der Waals surface area contributed by atoms with Gasteiger partial charge in [-0.25, -0.2) is 14.8 Å². The van der Waals surface area contributed by atoms with Crippen LogP contribution in [0, 0.1) is 0 Å². The average Bonchev–Trinajstić information content (AvgIpc) is 3.00. The van der Waals surface area contributed by atoms with Crippen molar-refractivity contribution in [2.75, 3.05) is 44.2 Å². The number of alkyl halides is 3. The number of aromatic nitrogens is 2. The summed E-state index contributed by atoms with van der Waals surface area (Å²) in [6, 6.07) is -0.228. The molecule has 0 saturated carbocycles. The molecule has 0 aliphatic carbocycles. The molecule has 0 radical (unpaired) electrons. The molecular formula is C16H21F3N6O3. The summed E-state index contributed by atoms with van der Waals surface area (Å²) in [6.07, 6.45) is -4.44. The van der Waals surface area contributed by atoms with Gasteiger partial charge < -0.3 is 25.2 Å². The fourth-order valence-corrected chi connectivity index (χ4v) is 3.09. The van der Waals surface area contributed by atoms with Crippen LogP contribution in [0.5, 0.6) is 0 Å². The third-order valence-corrected chi connectivity index (χ3v) is 4.51. The highest BCUT2D eigenvalue weighted by atomic mass is 19.4. The van der Waals surface area contributed by atoms with Gasteiger partial charge in [0.25, 0.3) is 5.91 Å². The van der Waals surface area contributed by atoms with Crippen LogP contribution >= 0.6 is 0 Å². The molecule has 0 aromatic carbocycles. The van der Waals surface area contributed by atoms with Crippen molar-refractivity contribution >= 4 is 17.9 Å². The van der Waals surface area contributed by atoms with Gasteiger partial charge in [-0.1, -0.05) is 0 Å². The van der Waals surface area contributed by atoms with Crippen LogP contribution in [-0.2, 0) is 15.7 Å². The van der Waals surface area contributed by atoms with Crippen LogP contribution in [0.3, 0.4) is 0 Å². The highest BCUT2D eigenvalue weighted by Gasteiger charge is 2.39. The van der Waals surface area contributed by atoms with Crippen LogP contribution in [0.15, 0.2) is 12.4 Å². The lowest BCUT2D eigenvalue weighted by Gasteiger charge is -2.35. The van der Waals surface area contributed by atoms with E-state index in [1.807, 2.05) is 0 Å². The van der Waals surface area contributed by atoms with Crippen LogP contribution < -0.4 is 10.6 Å². The lowest BCUT2D eigenvalue weighted by Crippen LogP contribution is -2.52. The van der Waals surface area contributed by atoms with Gasteiger partial charge in [0.1, 0.15) is 0 Å². The predicted molar refractivity (Wildman–Crippen MR) is 91.3 cm³/mol. The molecule has 2 fully saturated rings. The molecule has 2 amide bonds. The number of cyclic esters (lactones) is 1. The summed E-state index contributed by atoms with van der Waals surface area (Å²) in [5.41, 5.74) is 4.77. The van der Waals surface area contributed by atoms with Crippen molar-refractivity contribution in [3.8, 4) is 0 Å². The zero-order valence-electron chi connectivity index (χ0n) is 15.2. The molecule has 3 heterocycles. The van der Waals surface area contributed by atoms with E-state index in [4.69, 9.17) is 10.5 Å². The predicted octanol–water partition coefficient (Wildman–Crippen LogP) is 0.312. The molecule has 1 aromatic heterocycles. The Morgan fingerprint density at radius 1 is 1.29 bits per heavy atom. The van der Waals surface area contributed by atoms with E-state index in [2.05, 4.69) is 9.97 Å². The maximum absolute atomic E-state index is 12.6. The van der Waals surface area contributed by atoms with E-state index >= 15 is 0 Å². The number of carbonyl (C=O) groups excluding carboxylic acids is 2. The number of amides is 2. The van der Waals surface area contributed by atoms with Crippen LogP contribution in [0.4, 0.5) is 23.9 Å². The van der Waals surface area contributed by atoms with Gasteiger partial charge in [-0.15, -0.1) is 0 Å². The Labute approximate surface area is 159 Å². The van der Waals surface area contributed by atoms with E-state index in [0.29, 0.717) is 32.7 Å². The third kappa shape index (κ3) is 4.43. The minimum Gasteiger partial charge on any atom is -0.434 e. The topological polar surface area (TPSA) is 105 Å². The van der Waals surface area contributed by atoms with Crippen LogP contribution in [0.25, 0.3) is 0 Å². The quantitative estimate of drug-likeness (QED) is 0.773. The zero-order valence-corrected chi connectivity index (χ0v) is 15.2. The summed E-state index contributed by atoms with van der Waals surface area (Å²) in [4.78, 5) is 36.6. The van der Waals surface area contributed by atoms with Gasteiger partial charge in [-0.2, -0.15) is 13.2 Å². The Balaban J connectivity index is 1.54. The Bertz CT molecular complexity index is 719. The summed E-state index contributed by atoms with van der Waals surface area (Å²) < 4.78 is 42.9. The van der Waals surface area contributed by atoms with E-state index in [0.717, 1.165) is 12.4 Å². The van der Waals surface area contributed by atoms with Crippen molar-refractivity contribution in [3.05, 3.63) is 18.0 Å². The molecule has 2 N–H and O–H groups in total. The first-order valence-corrected chi connectivity index (χ1v) is 8.79. The molecule has 0 spiro atoms. The van der Waals surface area contributed by atoms with Crippen molar-refractivity contribution in [2.45, 2.75) is 25.2 Å².